The van der Waals surface area contributed by atoms with Crippen molar-refractivity contribution in [2.24, 2.45) is 0 Å². The Bertz CT molecular complexity index is 815. The van der Waals surface area contributed by atoms with E-state index in [0.717, 1.165) is 51.4 Å². The van der Waals surface area contributed by atoms with Gasteiger partial charge in [0.2, 0.25) is 0 Å². The van der Waals surface area contributed by atoms with Gasteiger partial charge in [0.1, 0.15) is 0 Å². The smallest absolute Gasteiger partial charge is 0.192 e. The largest absolute Gasteiger partial charge is 0.414 e. The first-order valence-electron chi connectivity index (χ1n) is 14.7. The second-order valence-electron chi connectivity index (χ2n) is 13.0. The lowest BCUT2D eigenvalue weighted by atomic mass is 10.0. The van der Waals surface area contributed by atoms with Crippen LogP contribution in [0.25, 0.3) is 0 Å². The molecule has 1 unspecified atom stereocenters. The number of rotatable bonds is 17. The molecule has 0 aliphatic carbocycles. The number of ether oxygens (including phenoxy) is 3. The number of hydrogen-bond donors (Lipinski definition) is 1. The van der Waals surface area contributed by atoms with Crippen molar-refractivity contribution < 1.29 is 23.7 Å². The van der Waals surface area contributed by atoms with Crippen molar-refractivity contribution >= 4 is 8.32 Å². The maximum Gasteiger partial charge on any atom is 0.192 e. The summed E-state index contributed by atoms with van der Waals surface area (Å²) in [5.74, 6) is -0.463. The van der Waals surface area contributed by atoms with Crippen LogP contribution in [0.15, 0.2) is 42.0 Å². The Morgan fingerprint density at radius 3 is 2.47 bits per heavy atom. The molecule has 0 saturated carbocycles. The highest BCUT2D eigenvalue weighted by atomic mass is 28.4. The molecule has 5 nitrogen and oxygen atoms in total. The Kier molecular flexibility index (Phi) is 13.7. The van der Waals surface area contributed by atoms with Crippen molar-refractivity contribution in [1.82, 2.24) is 0 Å². The zero-order valence-electron chi connectivity index (χ0n) is 25.6. The van der Waals surface area contributed by atoms with E-state index in [4.69, 9.17) is 18.6 Å². The van der Waals surface area contributed by atoms with Crippen molar-refractivity contribution in [3.63, 3.8) is 0 Å². The van der Waals surface area contributed by atoms with E-state index in [0.29, 0.717) is 19.8 Å². The minimum Gasteiger partial charge on any atom is -0.414 e. The van der Waals surface area contributed by atoms with Crippen molar-refractivity contribution in [3.8, 4) is 0 Å². The normalized spacial score (nSPS) is 20.0. The molecule has 1 aromatic rings. The lowest BCUT2D eigenvalue weighted by Crippen LogP contribution is -2.44. The van der Waals surface area contributed by atoms with Gasteiger partial charge in [-0.1, -0.05) is 62.8 Å². The number of aliphatic hydroxyl groups excluding tert-OH is 1. The average molecular weight is 549 g/mol. The molecular weight excluding hydrogens is 492 g/mol. The highest BCUT2D eigenvalue weighted by Gasteiger charge is 2.39. The highest BCUT2D eigenvalue weighted by Crippen LogP contribution is 2.38. The highest BCUT2D eigenvalue weighted by molar-refractivity contribution is 6.74. The molecule has 1 aromatic carbocycles. The van der Waals surface area contributed by atoms with E-state index in [1.165, 1.54) is 11.1 Å². The third kappa shape index (κ3) is 12.9. The predicted octanol–water partition coefficient (Wildman–Crippen LogP) is 8.17. The van der Waals surface area contributed by atoms with Crippen LogP contribution >= 0.6 is 0 Å². The van der Waals surface area contributed by atoms with Crippen LogP contribution in [0.5, 0.6) is 0 Å². The lowest BCUT2D eigenvalue weighted by molar-refractivity contribution is -0.139. The summed E-state index contributed by atoms with van der Waals surface area (Å²) in [6.45, 7) is 19.7. The van der Waals surface area contributed by atoms with E-state index >= 15 is 0 Å². The van der Waals surface area contributed by atoms with Gasteiger partial charge in [0.15, 0.2) is 14.1 Å². The van der Waals surface area contributed by atoms with E-state index in [2.05, 4.69) is 71.1 Å². The fraction of sp³-hybridized carbons (Fsp3) is 0.750. The Labute approximate surface area is 234 Å². The first-order chi connectivity index (χ1) is 17.8. The van der Waals surface area contributed by atoms with Crippen molar-refractivity contribution in [1.29, 1.82) is 0 Å². The summed E-state index contributed by atoms with van der Waals surface area (Å²) in [7, 11) is -1.86. The number of aliphatic hydroxyl groups is 1. The molecule has 0 amide bonds. The van der Waals surface area contributed by atoms with Gasteiger partial charge in [-0.3, -0.25) is 0 Å². The molecular formula is C32H56O5Si. The van der Waals surface area contributed by atoms with Crippen LogP contribution in [-0.4, -0.2) is 50.7 Å². The van der Waals surface area contributed by atoms with Crippen molar-refractivity contribution in [3.05, 3.63) is 47.5 Å². The van der Waals surface area contributed by atoms with Crippen LogP contribution in [0.4, 0.5) is 0 Å². The second kappa shape index (κ2) is 15.7. The van der Waals surface area contributed by atoms with Crippen molar-refractivity contribution in [2.45, 2.75) is 142 Å². The van der Waals surface area contributed by atoms with Gasteiger partial charge in [0, 0.05) is 12.7 Å². The Morgan fingerprint density at radius 2 is 1.84 bits per heavy atom. The third-order valence-corrected chi connectivity index (χ3v) is 12.5. The third-order valence-electron chi connectivity index (χ3n) is 7.95. The quantitative estimate of drug-likeness (QED) is 0.121. The zero-order chi connectivity index (χ0) is 28.2. The lowest BCUT2D eigenvalue weighted by Gasteiger charge is -2.39. The van der Waals surface area contributed by atoms with Gasteiger partial charge in [-0.05, 0) is 95.8 Å². The Morgan fingerprint density at radius 1 is 1.13 bits per heavy atom. The van der Waals surface area contributed by atoms with Gasteiger partial charge in [0.25, 0.3) is 0 Å². The Balaban J connectivity index is 1.73. The zero-order valence-corrected chi connectivity index (χ0v) is 26.6. The standard InChI is InChI=1S/C32H56O5Si/c1-26(14-12-17-28(33)18-13-19-30-25-35-32(5,6)36-30)20-21-29(37-38(7,8)31(2,3)4)22-23-34-24-27-15-10-9-11-16-27/h9-11,14-16,28-30,33H,12-13,17-25H2,1-8H3/b26-14+/t28?,29-,30+/m0/s1. The summed E-state index contributed by atoms with van der Waals surface area (Å²) in [5.41, 5.74) is 2.59. The number of hydrogen-bond acceptors (Lipinski definition) is 5. The molecule has 0 aromatic heterocycles. The van der Waals surface area contributed by atoms with Crippen molar-refractivity contribution in [2.75, 3.05) is 13.2 Å². The van der Waals surface area contributed by atoms with Gasteiger partial charge in [-0.25, -0.2) is 0 Å². The van der Waals surface area contributed by atoms with E-state index in [-0.39, 0.29) is 23.4 Å². The van der Waals surface area contributed by atoms with E-state index in [1.807, 2.05) is 19.9 Å². The van der Waals surface area contributed by atoms with Crippen LogP contribution in [0.2, 0.25) is 18.1 Å². The van der Waals surface area contributed by atoms with Gasteiger partial charge < -0.3 is 23.7 Å². The van der Waals surface area contributed by atoms with Crippen LogP contribution in [0.3, 0.4) is 0 Å². The van der Waals surface area contributed by atoms with Crippen LogP contribution in [0.1, 0.15) is 98.5 Å². The summed E-state index contributed by atoms with van der Waals surface area (Å²) < 4.78 is 24.3. The molecule has 1 aliphatic heterocycles. The minimum absolute atomic E-state index is 0.157. The van der Waals surface area contributed by atoms with Gasteiger partial charge in [-0.2, -0.15) is 0 Å². The van der Waals surface area contributed by atoms with Crippen LogP contribution < -0.4 is 0 Å². The monoisotopic (exact) mass is 548 g/mol. The maximum atomic E-state index is 10.4. The maximum absolute atomic E-state index is 10.4. The first-order valence-corrected chi connectivity index (χ1v) is 17.6. The summed E-state index contributed by atoms with van der Waals surface area (Å²) in [6.07, 6.45) is 9.79. The SMILES string of the molecule is C/C(=C\CCC(O)CCC[C@@H]1COC(C)(C)O1)CC[C@@H](CCOCc1ccccc1)O[Si](C)(C)C(C)(C)C. The molecule has 1 saturated heterocycles. The molecule has 1 N–H and O–H groups in total. The summed E-state index contributed by atoms with van der Waals surface area (Å²) in [6, 6.07) is 10.4. The van der Waals surface area contributed by atoms with Gasteiger partial charge in [0.05, 0.1) is 25.4 Å². The first kappa shape index (κ1) is 33.2. The summed E-state index contributed by atoms with van der Waals surface area (Å²) in [5, 5.41) is 10.6. The molecule has 1 fully saturated rings. The molecule has 0 bridgehead atoms. The summed E-state index contributed by atoms with van der Waals surface area (Å²) >= 11 is 0. The topological polar surface area (TPSA) is 57.2 Å². The molecule has 6 heteroatoms. The average Bonchev–Trinajstić information content (AvgIpc) is 3.18. The van der Waals surface area contributed by atoms with E-state index in [1.54, 1.807) is 0 Å². The Hall–Kier alpha value is -1.02. The molecule has 0 spiro atoms. The molecule has 0 radical (unpaired) electrons. The molecule has 38 heavy (non-hydrogen) atoms. The molecule has 1 heterocycles. The minimum atomic E-state index is -1.86. The predicted molar refractivity (Wildman–Crippen MR) is 160 cm³/mol. The van der Waals surface area contributed by atoms with Crippen LogP contribution in [-0.2, 0) is 25.2 Å². The second-order valence-corrected chi connectivity index (χ2v) is 17.8. The molecule has 1 aliphatic rings. The molecule has 2 rings (SSSR count). The van der Waals surface area contributed by atoms with E-state index < -0.39 is 14.1 Å². The number of benzene rings is 1. The fourth-order valence-corrected chi connectivity index (χ4v) is 5.90. The molecule has 218 valence electrons. The van der Waals surface area contributed by atoms with E-state index in [9.17, 15) is 5.11 Å². The number of allylic oxidation sites excluding steroid dienone is 2. The summed E-state index contributed by atoms with van der Waals surface area (Å²) in [4.78, 5) is 0. The van der Waals surface area contributed by atoms with Gasteiger partial charge >= 0.3 is 0 Å². The molecule has 3 atom stereocenters. The fourth-order valence-electron chi connectivity index (χ4n) is 4.48. The van der Waals surface area contributed by atoms with Gasteiger partial charge in [-0.15, -0.1) is 0 Å². The van der Waals surface area contributed by atoms with Crippen LogP contribution in [0, 0.1) is 0 Å².